The van der Waals surface area contributed by atoms with E-state index in [4.69, 9.17) is 16.3 Å². The summed E-state index contributed by atoms with van der Waals surface area (Å²) in [5, 5.41) is 2.68. The van der Waals surface area contributed by atoms with Crippen LogP contribution in [0.25, 0.3) is 10.8 Å². The van der Waals surface area contributed by atoms with Crippen LogP contribution in [0, 0.1) is 0 Å². The number of fused-ring (bicyclic) bond motifs is 1. The second kappa shape index (κ2) is 6.13. The maximum absolute atomic E-state index is 12.6. The molecule has 1 saturated heterocycles. The number of carbonyl (C=O) groups excluding carboxylic acids is 1. The van der Waals surface area contributed by atoms with E-state index in [1.807, 2.05) is 42.5 Å². The van der Waals surface area contributed by atoms with Gasteiger partial charge in [-0.1, -0.05) is 41.9 Å². The molecule has 0 bridgehead atoms. The molecule has 0 spiro atoms. The fourth-order valence-corrected chi connectivity index (χ4v) is 2.97. The first-order chi connectivity index (χ1) is 11.7. The Balaban J connectivity index is 1.42. The number of pyridine rings is 1. The zero-order valence-electron chi connectivity index (χ0n) is 12.9. The normalized spacial score (nSPS) is 14.5. The van der Waals surface area contributed by atoms with Crippen LogP contribution in [-0.2, 0) is 0 Å². The Hall–Kier alpha value is -2.59. The van der Waals surface area contributed by atoms with Gasteiger partial charge in [-0.05, 0) is 35.0 Å². The summed E-state index contributed by atoms with van der Waals surface area (Å²) in [5.41, 5.74) is 0.697. The van der Waals surface area contributed by atoms with Crippen molar-refractivity contribution < 1.29 is 9.53 Å². The molecular formula is C19H15ClN2O2. The molecule has 0 atom stereocenters. The summed E-state index contributed by atoms with van der Waals surface area (Å²) >= 11 is 6.03. The van der Waals surface area contributed by atoms with Crippen LogP contribution in [0.1, 0.15) is 10.4 Å². The van der Waals surface area contributed by atoms with Crippen molar-refractivity contribution in [3.8, 4) is 5.88 Å². The molecule has 1 aliphatic heterocycles. The predicted molar refractivity (Wildman–Crippen MR) is 93.5 cm³/mol. The summed E-state index contributed by atoms with van der Waals surface area (Å²) in [6, 6.07) is 17.3. The summed E-state index contributed by atoms with van der Waals surface area (Å²) in [6.07, 6.45) is 1.57. The third kappa shape index (κ3) is 2.81. The number of amides is 1. The number of aromatic nitrogens is 1. The fraction of sp³-hybridized carbons (Fsp3) is 0.158. The van der Waals surface area contributed by atoms with Gasteiger partial charge in [0, 0.05) is 11.8 Å². The molecule has 4 nitrogen and oxygen atoms in total. The van der Waals surface area contributed by atoms with Gasteiger partial charge in [-0.2, -0.15) is 0 Å². The summed E-state index contributed by atoms with van der Waals surface area (Å²) < 4.78 is 5.73. The van der Waals surface area contributed by atoms with Gasteiger partial charge in [0.05, 0.1) is 13.1 Å². The van der Waals surface area contributed by atoms with E-state index in [0.717, 1.165) is 10.8 Å². The number of halogens is 1. The Morgan fingerprint density at radius 3 is 2.67 bits per heavy atom. The molecule has 2 aromatic carbocycles. The minimum Gasteiger partial charge on any atom is -0.470 e. The van der Waals surface area contributed by atoms with Gasteiger partial charge in [0.2, 0.25) is 5.88 Å². The number of hydrogen-bond acceptors (Lipinski definition) is 3. The number of carbonyl (C=O) groups is 1. The lowest BCUT2D eigenvalue weighted by molar-refractivity contribution is 0.0161. The Morgan fingerprint density at radius 1 is 1.08 bits per heavy atom. The van der Waals surface area contributed by atoms with E-state index in [9.17, 15) is 4.79 Å². The van der Waals surface area contributed by atoms with E-state index in [2.05, 4.69) is 4.98 Å². The number of benzene rings is 2. The molecule has 0 unspecified atom stereocenters. The van der Waals surface area contributed by atoms with Gasteiger partial charge in [-0.3, -0.25) is 4.79 Å². The quantitative estimate of drug-likeness (QED) is 0.729. The Morgan fingerprint density at radius 2 is 1.88 bits per heavy atom. The molecule has 0 radical (unpaired) electrons. The van der Waals surface area contributed by atoms with E-state index >= 15 is 0 Å². The molecule has 3 aromatic rings. The van der Waals surface area contributed by atoms with Gasteiger partial charge in [0.1, 0.15) is 11.1 Å². The summed E-state index contributed by atoms with van der Waals surface area (Å²) in [6.45, 7) is 1.08. The van der Waals surface area contributed by atoms with Gasteiger partial charge in [-0.25, -0.2) is 4.98 Å². The summed E-state index contributed by atoms with van der Waals surface area (Å²) in [7, 11) is 0. The highest BCUT2D eigenvalue weighted by Gasteiger charge is 2.33. The second-order valence-electron chi connectivity index (χ2n) is 5.80. The zero-order chi connectivity index (χ0) is 16.5. The molecule has 1 aromatic heterocycles. The number of likely N-dealkylation sites (tertiary alicyclic amines) is 1. The van der Waals surface area contributed by atoms with Gasteiger partial charge in [0.15, 0.2) is 0 Å². The molecular weight excluding hydrogens is 324 g/mol. The maximum Gasteiger partial charge on any atom is 0.254 e. The number of nitrogens with zero attached hydrogens (tertiary/aromatic N) is 2. The van der Waals surface area contributed by atoms with Gasteiger partial charge < -0.3 is 9.64 Å². The third-order valence-corrected chi connectivity index (χ3v) is 4.42. The molecule has 4 rings (SSSR count). The molecule has 1 amide bonds. The van der Waals surface area contributed by atoms with E-state index in [0.29, 0.717) is 29.6 Å². The largest absolute Gasteiger partial charge is 0.470 e. The lowest BCUT2D eigenvalue weighted by Crippen LogP contribution is -2.56. The zero-order valence-corrected chi connectivity index (χ0v) is 13.6. The molecule has 1 fully saturated rings. The lowest BCUT2D eigenvalue weighted by Gasteiger charge is -2.38. The first kappa shape index (κ1) is 15.0. The van der Waals surface area contributed by atoms with Crippen molar-refractivity contribution in [2.45, 2.75) is 6.10 Å². The average Bonchev–Trinajstić information content (AvgIpc) is 2.58. The van der Waals surface area contributed by atoms with Crippen molar-refractivity contribution in [1.29, 1.82) is 0 Å². The van der Waals surface area contributed by atoms with E-state index in [-0.39, 0.29) is 12.0 Å². The SMILES string of the molecule is O=C(c1ccc2ccccc2c1)N1CC(Oc2ncccc2Cl)C1. The van der Waals surface area contributed by atoms with Crippen LogP contribution in [-0.4, -0.2) is 35.0 Å². The van der Waals surface area contributed by atoms with Gasteiger partial charge in [-0.15, -0.1) is 0 Å². The molecule has 0 aliphatic carbocycles. The minimum absolute atomic E-state index is 0.0210. The molecule has 0 saturated carbocycles. The first-order valence-electron chi connectivity index (χ1n) is 7.76. The van der Waals surface area contributed by atoms with Gasteiger partial charge >= 0.3 is 0 Å². The third-order valence-electron chi connectivity index (χ3n) is 4.13. The van der Waals surface area contributed by atoms with E-state index in [1.165, 1.54) is 0 Å². The first-order valence-corrected chi connectivity index (χ1v) is 8.14. The monoisotopic (exact) mass is 338 g/mol. The summed E-state index contributed by atoms with van der Waals surface area (Å²) in [4.78, 5) is 18.4. The average molecular weight is 339 g/mol. The molecule has 1 aliphatic rings. The van der Waals surface area contributed by atoms with Crippen molar-refractivity contribution in [3.05, 3.63) is 71.4 Å². The van der Waals surface area contributed by atoms with Gasteiger partial charge in [0.25, 0.3) is 5.91 Å². The summed E-state index contributed by atoms with van der Waals surface area (Å²) in [5.74, 6) is 0.440. The predicted octanol–water partition coefficient (Wildman–Crippen LogP) is 3.79. The van der Waals surface area contributed by atoms with Crippen molar-refractivity contribution in [2.24, 2.45) is 0 Å². The number of rotatable bonds is 3. The lowest BCUT2D eigenvalue weighted by atomic mass is 10.0. The maximum atomic E-state index is 12.6. The minimum atomic E-state index is -0.0678. The number of ether oxygens (including phenoxy) is 1. The van der Waals surface area contributed by atoms with Crippen LogP contribution in [0.4, 0.5) is 0 Å². The van der Waals surface area contributed by atoms with Crippen LogP contribution in [0.5, 0.6) is 5.88 Å². The van der Waals surface area contributed by atoms with E-state index < -0.39 is 0 Å². The molecule has 2 heterocycles. The van der Waals surface area contributed by atoms with Crippen LogP contribution < -0.4 is 4.74 Å². The van der Waals surface area contributed by atoms with Crippen LogP contribution in [0.15, 0.2) is 60.8 Å². The van der Waals surface area contributed by atoms with Crippen molar-refractivity contribution in [3.63, 3.8) is 0 Å². The van der Waals surface area contributed by atoms with Crippen molar-refractivity contribution in [1.82, 2.24) is 9.88 Å². The molecule has 120 valence electrons. The highest BCUT2D eigenvalue weighted by Crippen LogP contribution is 2.25. The molecule has 5 heteroatoms. The highest BCUT2D eigenvalue weighted by molar-refractivity contribution is 6.31. The Labute approximate surface area is 144 Å². The molecule has 0 N–H and O–H groups in total. The van der Waals surface area contributed by atoms with Crippen LogP contribution >= 0.6 is 11.6 Å². The topological polar surface area (TPSA) is 42.4 Å². The smallest absolute Gasteiger partial charge is 0.254 e. The highest BCUT2D eigenvalue weighted by atomic mass is 35.5. The second-order valence-corrected chi connectivity index (χ2v) is 6.21. The standard InChI is InChI=1S/C19H15ClN2O2/c20-17-6-3-9-21-18(17)24-16-11-22(12-16)19(23)15-8-7-13-4-1-2-5-14(13)10-15/h1-10,16H,11-12H2. The van der Waals surface area contributed by atoms with Crippen molar-refractivity contribution >= 4 is 28.3 Å². The Kier molecular flexibility index (Phi) is 3.82. The van der Waals surface area contributed by atoms with Crippen molar-refractivity contribution in [2.75, 3.05) is 13.1 Å². The Bertz CT molecular complexity index is 907. The number of hydrogen-bond donors (Lipinski definition) is 0. The van der Waals surface area contributed by atoms with Crippen LogP contribution in [0.3, 0.4) is 0 Å². The van der Waals surface area contributed by atoms with Crippen LogP contribution in [0.2, 0.25) is 5.02 Å². The van der Waals surface area contributed by atoms with E-state index in [1.54, 1.807) is 23.2 Å². The molecule has 24 heavy (non-hydrogen) atoms. The fourth-order valence-electron chi connectivity index (χ4n) is 2.80.